The molecule has 0 aromatic heterocycles. The SMILES string of the molecule is C[C@H](Nc1cccc(N2CCCCC2=O)c1)C(=O)NCC(F)(F)F. The van der Waals surface area contributed by atoms with Crippen LogP contribution in [0.5, 0.6) is 0 Å². The van der Waals surface area contributed by atoms with Crippen molar-refractivity contribution in [3.8, 4) is 0 Å². The summed E-state index contributed by atoms with van der Waals surface area (Å²) in [7, 11) is 0. The summed E-state index contributed by atoms with van der Waals surface area (Å²) >= 11 is 0. The molecule has 0 radical (unpaired) electrons. The number of benzene rings is 1. The van der Waals surface area contributed by atoms with Gasteiger partial charge in [0.05, 0.1) is 0 Å². The van der Waals surface area contributed by atoms with E-state index >= 15 is 0 Å². The van der Waals surface area contributed by atoms with Crippen molar-refractivity contribution in [3.05, 3.63) is 24.3 Å². The predicted octanol–water partition coefficient (Wildman–Crippen LogP) is 2.68. The van der Waals surface area contributed by atoms with Gasteiger partial charge in [-0.2, -0.15) is 13.2 Å². The summed E-state index contributed by atoms with van der Waals surface area (Å²) < 4.78 is 36.4. The Morgan fingerprint density at radius 3 is 2.75 bits per heavy atom. The lowest BCUT2D eigenvalue weighted by molar-refractivity contribution is -0.138. The lowest BCUT2D eigenvalue weighted by Gasteiger charge is -2.27. The van der Waals surface area contributed by atoms with Crippen LogP contribution in [0.1, 0.15) is 26.2 Å². The Kier molecular flexibility index (Phi) is 5.69. The lowest BCUT2D eigenvalue weighted by Crippen LogP contribution is -2.42. The van der Waals surface area contributed by atoms with E-state index in [1.54, 1.807) is 29.2 Å². The zero-order valence-corrected chi connectivity index (χ0v) is 13.3. The molecular weight excluding hydrogens is 323 g/mol. The highest BCUT2D eigenvalue weighted by Gasteiger charge is 2.28. The van der Waals surface area contributed by atoms with Crippen molar-refractivity contribution >= 4 is 23.2 Å². The van der Waals surface area contributed by atoms with Gasteiger partial charge in [-0.15, -0.1) is 0 Å². The van der Waals surface area contributed by atoms with Gasteiger partial charge in [0.1, 0.15) is 12.6 Å². The van der Waals surface area contributed by atoms with Crippen LogP contribution in [0.25, 0.3) is 0 Å². The average Bonchev–Trinajstić information content (AvgIpc) is 2.52. The van der Waals surface area contributed by atoms with Gasteiger partial charge in [-0.1, -0.05) is 6.07 Å². The number of piperidine rings is 1. The van der Waals surface area contributed by atoms with Crippen LogP contribution < -0.4 is 15.5 Å². The molecule has 1 aliphatic heterocycles. The fraction of sp³-hybridized carbons (Fsp3) is 0.500. The summed E-state index contributed by atoms with van der Waals surface area (Å²) in [6.45, 7) is 0.758. The Morgan fingerprint density at radius 1 is 1.33 bits per heavy atom. The lowest BCUT2D eigenvalue weighted by atomic mass is 10.1. The van der Waals surface area contributed by atoms with Gasteiger partial charge in [0.2, 0.25) is 11.8 Å². The molecule has 0 spiro atoms. The van der Waals surface area contributed by atoms with Crippen LogP contribution in [0.2, 0.25) is 0 Å². The van der Waals surface area contributed by atoms with Crippen molar-refractivity contribution in [2.45, 2.75) is 38.4 Å². The largest absolute Gasteiger partial charge is 0.405 e. The smallest absolute Gasteiger partial charge is 0.374 e. The van der Waals surface area contributed by atoms with Gasteiger partial charge in [-0.25, -0.2) is 0 Å². The molecule has 2 rings (SSSR count). The summed E-state index contributed by atoms with van der Waals surface area (Å²) in [4.78, 5) is 25.3. The molecule has 2 N–H and O–H groups in total. The van der Waals surface area contributed by atoms with E-state index in [0.29, 0.717) is 24.3 Å². The van der Waals surface area contributed by atoms with E-state index in [0.717, 1.165) is 12.8 Å². The van der Waals surface area contributed by atoms with Gasteiger partial charge in [-0.3, -0.25) is 9.59 Å². The number of hydrogen-bond acceptors (Lipinski definition) is 3. The van der Waals surface area contributed by atoms with Crippen LogP contribution in [0.3, 0.4) is 0 Å². The van der Waals surface area contributed by atoms with Crippen molar-refractivity contribution in [2.75, 3.05) is 23.3 Å². The minimum Gasteiger partial charge on any atom is -0.374 e. The van der Waals surface area contributed by atoms with E-state index in [9.17, 15) is 22.8 Å². The summed E-state index contributed by atoms with van der Waals surface area (Å²) in [5.41, 5.74) is 1.29. The number of amides is 2. The third-order valence-electron chi connectivity index (χ3n) is 3.72. The highest BCUT2D eigenvalue weighted by Crippen LogP contribution is 2.24. The van der Waals surface area contributed by atoms with E-state index in [-0.39, 0.29) is 5.91 Å². The monoisotopic (exact) mass is 343 g/mol. The Morgan fingerprint density at radius 2 is 2.08 bits per heavy atom. The first kappa shape index (κ1) is 18.1. The quantitative estimate of drug-likeness (QED) is 0.864. The molecule has 8 heteroatoms. The molecule has 1 aromatic rings. The van der Waals surface area contributed by atoms with Gasteiger partial charge < -0.3 is 15.5 Å². The predicted molar refractivity (Wildman–Crippen MR) is 84.8 cm³/mol. The van der Waals surface area contributed by atoms with Crippen LogP contribution in [0.15, 0.2) is 24.3 Å². The van der Waals surface area contributed by atoms with Crippen molar-refractivity contribution < 1.29 is 22.8 Å². The molecule has 0 saturated carbocycles. The van der Waals surface area contributed by atoms with Gasteiger partial charge >= 0.3 is 6.18 Å². The van der Waals surface area contributed by atoms with Crippen LogP contribution in [0.4, 0.5) is 24.5 Å². The number of alkyl halides is 3. The molecule has 1 heterocycles. The fourth-order valence-corrected chi connectivity index (χ4v) is 2.50. The van der Waals surface area contributed by atoms with Crippen LogP contribution in [-0.2, 0) is 9.59 Å². The van der Waals surface area contributed by atoms with Crippen LogP contribution in [0, 0.1) is 0 Å². The zero-order valence-electron chi connectivity index (χ0n) is 13.3. The van der Waals surface area contributed by atoms with Crippen LogP contribution in [-0.4, -0.2) is 37.1 Å². The van der Waals surface area contributed by atoms with E-state index < -0.39 is 24.7 Å². The first-order chi connectivity index (χ1) is 11.3. The fourth-order valence-electron chi connectivity index (χ4n) is 2.50. The highest BCUT2D eigenvalue weighted by atomic mass is 19.4. The third kappa shape index (κ3) is 5.14. The van der Waals surface area contributed by atoms with E-state index in [2.05, 4.69) is 5.32 Å². The van der Waals surface area contributed by atoms with Gasteiger partial charge in [0, 0.05) is 24.3 Å². The summed E-state index contributed by atoms with van der Waals surface area (Å²) in [5.74, 6) is -0.693. The number of carbonyl (C=O) groups excluding carboxylic acids is 2. The number of hydrogen-bond donors (Lipinski definition) is 2. The van der Waals surface area contributed by atoms with Crippen molar-refractivity contribution in [1.29, 1.82) is 0 Å². The first-order valence-corrected chi connectivity index (χ1v) is 7.78. The Labute approximate surface area is 138 Å². The maximum Gasteiger partial charge on any atom is 0.405 e. The number of carbonyl (C=O) groups is 2. The second-order valence-corrected chi connectivity index (χ2v) is 5.75. The molecule has 1 atom stereocenters. The molecule has 1 aromatic carbocycles. The second-order valence-electron chi connectivity index (χ2n) is 5.75. The molecule has 0 bridgehead atoms. The van der Waals surface area contributed by atoms with Gasteiger partial charge in [-0.05, 0) is 38.0 Å². The number of halogens is 3. The van der Waals surface area contributed by atoms with E-state index in [1.165, 1.54) is 6.92 Å². The van der Waals surface area contributed by atoms with Crippen molar-refractivity contribution in [1.82, 2.24) is 5.32 Å². The molecule has 0 aliphatic carbocycles. The number of rotatable bonds is 5. The molecule has 1 aliphatic rings. The molecule has 1 saturated heterocycles. The minimum atomic E-state index is -4.44. The summed E-state index contributed by atoms with van der Waals surface area (Å²) in [5, 5.41) is 4.69. The number of anilines is 2. The van der Waals surface area contributed by atoms with Crippen molar-refractivity contribution in [2.24, 2.45) is 0 Å². The zero-order chi connectivity index (χ0) is 17.7. The van der Waals surface area contributed by atoms with Crippen LogP contribution >= 0.6 is 0 Å². The molecule has 132 valence electrons. The molecule has 1 fully saturated rings. The molecule has 5 nitrogen and oxygen atoms in total. The Hall–Kier alpha value is -2.25. The Balaban J connectivity index is 1.98. The summed E-state index contributed by atoms with van der Waals surface area (Å²) in [6.07, 6.45) is -2.12. The maximum atomic E-state index is 12.1. The normalized spacial score (nSPS) is 16.7. The van der Waals surface area contributed by atoms with Gasteiger partial charge in [0.25, 0.3) is 0 Å². The number of nitrogens with one attached hydrogen (secondary N) is 2. The Bertz CT molecular complexity index is 604. The maximum absolute atomic E-state index is 12.1. The first-order valence-electron chi connectivity index (χ1n) is 7.78. The standard InChI is InChI=1S/C16H20F3N3O2/c1-11(15(24)20-10-16(17,18)19)21-12-5-4-6-13(9-12)22-8-3-2-7-14(22)23/h4-6,9,11,21H,2-3,7-8,10H2,1H3,(H,20,24)/t11-/m0/s1. The highest BCUT2D eigenvalue weighted by molar-refractivity contribution is 5.94. The summed E-state index contributed by atoms with van der Waals surface area (Å²) in [6, 6.07) is 6.12. The third-order valence-corrected chi connectivity index (χ3v) is 3.72. The second kappa shape index (κ2) is 7.55. The van der Waals surface area contributed by atoms with Gasteiger partial charge in [0.15, 0.2) is 0 Å². The molecular formula is C16H20F3N3O2. The van der Waals surface area contributed by atoms with E-state index in [1.807, 2.05) is 5.32 Å². The van der Waals surface area contributed by atoms with Crippen molar-refractivity contribution in [3.63, 3.8) is 0 Å². The van der Waals surface area contributed by atoms with E-state index in [4.69, 9.17) is 0 Å². The number of nitrogens with zero attached hydrogens (tertiary/aromatic N) is 1. The molecule has 24 heavy (non-hydrogen) atoms. The topological polar surface area (TPSA) is 61.4 Å². The molecule has 0 unspecified atom stereocenters. The minimum absolute atomic E-state index is 0.0503. The molecule has 2 amide bonds. The average molecular weight is 343 g/mol.